The fraction of sp³-hybridized carbons (Fsp3) is 0.300. The van der Waals surface area contributed by atoms with Crippen molar-refractivity contribution in [2.45, 2.75) is 17.4 Å². The number of likely N-dealkylation sites (tertiary alicyclic amines) is 1. The molecule has 3 aromatic rings. The van der Waals surface area contributed by atoms with Crippen molar-refractivity contribution in [2.24, 2.45) is 0 Å². The minimum absolute atomic E-state index is 0.0644. The minimum Gasteiger partial charge on any atom is -0.492 e. The number of sulfonamides is 1. The topological polar surface area (TPSA) is 74.4 Å². The second kappa shape index (κ2) is 7.72. The van der Waals surface area contributed by atoms with Crippen LogP contribution in [0.15, 0.2) is 65.7 Å². The molecule has 142 valence electrons. The highest BCUT2D eigenvalue weighted by molar-refractivity contribution is 7.89. The number of nitrogens with one attached hydrogen (secondary N) is 2. The molecule has 27 heavy (non-hydrogen) atoms. The molecule has 0 radical (unpaired) electrons. The van der Waals surface area contributed by atoms with Crippen LogP contribution < -0.4 is 9.46 Å². The van der Waals surface area contributed by atoms with Gasteiger partial charge in [-0.15, -0.1) is 0 Å². The van der Waals surface area contributed by atoms with E-state index in [1.807, 2.05) is 36.5 Å². The lowest BCUT2D eigenvalue weighted by Crippen LogP contribution is -2.37. The van der Waals surface area contributed by atoms with Gasteiger partial charge < -0.3 is 9.72 Å². The second-order valence-corrected chi connectivity index (χ2v) is 8.51. The number of benzene rings is 2. The van der Waals surface area contributed by atoms with Gasteiger partial charge >= 0.3 is 0 Å². The maximum absolute atomic E-state index is 12.4. The minimum atomic E-state index is -3.46. The van der Waals surface area contributed by atoms with Gasteiger partial charge in [-0.2, -0.15) is 0 Å². The molecular formula is C20H23N3O3S. The van der Waals surface area contributed by atoms with Crippen molar-refractivity contribution < 1.29 is 13.2 Å². The summed E-state index contributed by atoms with van der Waals surface area (Å²) in [7, 11) is -3.46. The Morgan fingerprint density at radius 2 is 2.00 bits per heavy atom. The lowest BCUT2D eigenvalue weighted by Gasteiger charge is -2.17. The van der Waals surface area contributed by atoms with Crippen LogP contribution in [0.3, 0.4) is 0 Å². The van der Waals surface area contributed by atoms with Crippen LogP contribution in [0.1, 0.15) is 6.42 Å². The first kappa shape index (κ1) is 18.0. The molecule has 1 aliphatic rings. The van der Waals surface area contributed by atoms with Crippen LogP contribution in [0.5, 0.6) is 5.75 Å². The van der Waals surface area contributed by atoms with E-state index in [4.69, 9.17) is 4.74 Å². The fourth-order valence-electron chi connectivity index (χ4n) is 3.43. The van der Waals surface area contributed by atoms with E-state index in [0.29, 0.717) is 18.0 Å². The molecule has 1 aromatic heterocycles. The third-order valence-corrected chi connectivity index (χ3v) is 6.39. The molecule has 6 nitrogen and oxygen atoms in total. The number of ether oxygens (including phenoxy) is 1. The first-order valence-electron chi connectivity index (χ1n) is 9.10. The van der Waals surface area contributed by atoms with E-state index < -0.39 is 10.0 Å². The van der Waals surface area contributed by atoms with Crippen LogP contribution >= 0.6 is 0 Å². The number of hydrogen-bond acceptors (Lipinski definition) is 4. The van der Waals surface area contributed by atoms with Crippen molar-refractivity contribution in [1.29, 1.82) is 0 Å². The average Bonchev–Trinajstić information content (AvgIpc) is 3.31. The van der Waals surface area contributed by atoms with Gasteiger partial charge in [-0.05, 0) is 48.7 Å². The number of aromatic amines is 1. The summed E-state index contributed by atoms with van der Waals surface area (Å²) in [5.41, 5.74) is 1.06. The number of rotatable bonds is 7. The van der Waals surface area contributed by atoms with Gasteiger partial charge in [0, 0.05) is 36.9 Å². The van der Waals surface area contributed by atoms with Gasteiger partial charge in [-0.3, -0.25) is 4.90 Å². The highest BCUT2D eigenvalue weighted by Crippen LogP contribution is 2.20. The fourth-order valence-corrected chi connectivity index (χ4v) is 4.71. The van der Waals surface area contributed by atoms with Crippen molar-refractivity contribution in [2.75, 3.05) is 26.2 Å². The molecule has 1 atom stereocenters. The zero-order valence-electron chi connectivity index (χ0n) is 15.0. The number of nitrogens with zero attached hydrogens (tertiary/aromatic N) is 1. The third-order valence-electron chi connectivity index (χ3n) is 4.85. The van der Waals surface area contributed by atoms with Gasteiger partial charge in [0.15, 0.2) is 0 Å². The predicted octanol–water partition coefficient (Wildman–Crippen LogP) is 2.60. The van der Waals surface area contributed by atoms with Crippen molar-refractivity contribution >= 4 is 20.9 Å². The van der Waals surface area contributed by atoms with Crippen LogP contribution in [-0.4, -0.2) is 50.6 Å². The van der Waals surface area contributed by atoms with Crippen molar-refractivity contribution in [3.8, 4) is 5.75 Å². The molecule has 1 unspecified atom stereocenters. The SMILES string of the molecule is O=S(=O)(NC1CCN(CCOc2ccc3cc[nH]c3c2)C1)c1ccccc1. The van der Waals surface area contributed by atoms with Gasteiger partial charge in [0.1, 0.15) is 12.4 Å². The molecule has 2 N–H and O–H groups in total. The van der Waals surface area contributed by atoms with Crippen LogP contribution in [-0.2, 0) is 10.0 Å². The quantitative estimate of drug-likeness (QED) is 0.656. The van der Waals surface area contributed by atoms with Gasteiger partial charge in [0.2, 0.25) is 10.0 Å². The van der Waals surface area contributed by atoms with Crippen LogP contribution in [0, 0.1) is 0 Å². The summed E-state index contributed by atoms with van der Waals surface area (Å²) in [5, 5.41) is 1.16. The first-order chi connectivity index (χ1) is 13.1. The van der Waals surface area contributed by atoms with Gasteiger partial charge in [-0.1, -0.05) is 18.2 Å². The smallest absolute Gasteiger partial charge is 0.240 e. The molecule has 0 spiro atoms. The number of hydrogen-bond donors (Lipinski definition) is 2. The Hall–Kier alpha value is -2.35. The van der Waals surface area contributed by atoms with Gasteiger partial charge in [0.25, 0.3) is 0 Å². The zero-order chi connectivity index (χ0) is 18.7. The maximum Gasteiger partial charge on any atom is 0.240 e. The maximum atomic E-state index is 12.4. The van der Waals surface area contributed by atoms with E-state index in [9.17, 15) is 8.42 Å². The Balaban J connectivity index is 1.26. The van der Waals surface area contributed by atoms with E-state index in [-0.39, 0.29) is 6.04 Å². The molecule has 2 aromatic carbocycles. The average molecular weight is 385 g/mol. The standard InChI is InChI=1S/C20H23N3O3S/c24-27(25,19-4-2-1-3-5-19)22-17-9-11-23(15-17)12-13-26-18-7-6-16-8-10-21-20(16)14-18/h1-8,10,14,17,21-22H,9,11-13,15H2. The van der Waals surface area contributed by atoms with Crippen molar-refractivity contribution in [1.82, 2.24) is 14.6 Å². The normalized spacial score (nSPS) is 18.1. The Kier molecular flexibility index (Phi) is 5.15. The predicted molar refractivity (Wildman–Crippen MR) is 105 cm³/mol. The molecule has 1 aliphatic heterocycles. The monoisotopic (exact) mass is 385 g/mol. The van der Waals surface area contributed by atoms with E-state index in [0.717, 1.165) is 36.2 Å². The first-order valence-corrected chi connectivity index (χ1v) is 10.6. The third kappa shape index (κ3) is 4.32. The number of fused-ring (bicyclic) bond motifs is 1. The largest absolute Gasteiger partial charge is 0.492 e. The lowest BCUT2D eigenvalue weighted by molar-refractivity contribution is 0.236. The summed E-state index contributed by atoms with van der Waals surface area (Å²) < 4.78 is 33.5. The number of aromatic nitrogens is 1. The highest BCUT2D eigenvalue weighted by atomic mass is 32.2. The Bertz CT molecular complexity index is 1000. The second-order valence-electron chi connectivity index (χ2n) is 6.80. The molecule has 0 saturated carbocycles. The summed E-state index contributed by atoms with van der Waals surface area (Å²) in [4.78, 5) is 5.72. The summed E-state index contributed by atoms with van der Waals surface area (Å²) >= 11 is 0. The summed E-state index contributed by atoms with van der Waals surface area (Å²) in [6, 6.07) is 16.5. The molecule has 0 aliphatic carbocycles. The summed E-state index contributed by atoms with van der Waals surface area (Å²) in [6.45, 7) is 2.91. The van der Waals surface area contributed by atoms with E-state index in [2.05, 4.69) is 14.6 Å². The van der Waals surface area contributed by atoms with E-state index >= 15 is 0 Å². The van der Waals surface area contributed by atoms with Crippen LogP contribution in [0.2, 0.25) is 0 Å². The summed E-state index contributed by atoms with van der Waals surface area (Å²) in [5.74, 6) is 0.838. The summed E-state index contributed by atoms with van der Waals surface area (Å²) in [6.07, 6.45) is 2.72. The van der Waals surface area contributed by atoms with E-state index in [1.165, 1.54) is 0 Å². The Morgan fingerprint density at radius 3 is 2.85 bits per heavy atom. The molecule has 2 heterocycles. The molecule has 1 fully saturated rings. The van der Waals surface area contributed by atoms with Crippen molar-refractivity contribution in [3.05, 3.63) is 60.8 Å². The van der Waals surface area contributed by atoms with Crippen molar-refractivity contribution in [3.63, 3.8) is 0 Å². The molecule has 1 saturated heterocycles. The molecule has 4 rings (SSSR count). The lowest BCUT2D eigenvalue weighted by atomic mass is 10.2. The van der Waals surface area contributed by atoms with Gasteiger partial charge in [-0.25, -0.2) is 13.1 Å². The molecular weight excluding hydrogens is 362 g/mol. The molecule has 7 heteroatoms. The van der Waals surface area contributed by atoms with Crippen LogP contribution in [0.25, 0.3) is 10.9 Å². The molecule has 0 bridgehead atoms. The van der Waals surface area contributed by atoms with Gasteiger partial charge in [0.05, 0.1) is 4.90 Å². The highest BCUT2D eigenvalue weighted by Gasteiger charge is 2.27. The number of H-pyrrole nitrogens is 1. The molecule has 0 amide bonds. The zero-order valence-corrected chi connectivity index (χ0v) is 15.8. The Labute approximate surface area is 159 Å². The van der Waals surface area contributed by atoms with E-state index in [1.54, 1.807) is 24.3 Å². The van der Waals surface area contributed by atoms with Crippen LogP contribution in [0.4, 0.5) is 0 Å². The Morgan fingerprint density at radius 1 is 1.15 bits per heavy atom.